The largest absolute Gasteiger partial charge is 0.497 e. The number of Topliss-reactive ketones (excluding diaryl/α,β-unsaturated/α-hetero) is 1. The number of ether oxygens (including phenoxy) is 1. The zero-order valence-electron chi connectivity index (χ0n) is 16.1. The van der Waals surface area contributed by atoms with Crippen molar-refractivity contribution < 1.29 is 9.53 Å². The number of carbonyl (C=O) groups is 1. The van der Waals surface area contributed by atoms with Crippen LogP contribution in [0.5, 0.6) is 5.75 Å². The quantitative estimate of drug-likeness (QED) is 0.528. The van der Waals surface area contributed by atoms with Gasteiger partial charge in [0.1, 0.15) is 5.75 Å². The number of hydrogen-bond acceptors (Lipinski definition) is 2. The molecule has 3 aromatic rings. The number of fused-ring (bicyclic) bond motifs is 1. The highest BCUT2D eigenvalue weighted by atomic mass is 16.5. The Hall–Kier alpha value is -3.13. The van der Waals surface area contributed by atoms with Crippen LogP contribution in [0.1, 0.15) is 39.0 Å². The van der Waals surface area contributed by atoms with Crippen molar-refractivity contribution >= 4 is 17.9 Å². The lowest BCUT2D eigenvalue weighted by atomic mass is 9.79. The minimum absolute atomic E-state index is 0.0344. The second-order valence-corrected chi connectivity index (χ2v) is 7.27. The number of aryl methyl sites for hydroxylation is 1. The van der Waals surface area contributed by atoms with Crippen molar-refractivity contribution in [2.24, 2.45) is 5.92 Å². The predicted molar refractivity (Wildman–Crippen MR) is 115 cm³/mol. The lowest BCUT2D eigenvalue weighted by Crippen LogP contribution is -2.24. The zero-order valence-corrected chi connectivity index (χ0v) is 16.1. The first-order valence-corrected chi connectivity index (χ1v) is 9.77. The van der Waals surface area contributed by atoms with Gasteiger partial charge in [-0.3, -0.25) is 4.79 Å². The van der Waals surface area contributed by atoms with Gasteiger partial charge in [0, 0.05) is 11.5 Å². The second kappa shape index (κ2) is 8.26. The highest BCUT2D eigenvalue weighted by Crippen LogP contribution is 2.31. The number of benzene rings is 3. The molecule has 0 saturated heterocycles. The molecule has 2 nitrogen and oxygen atoms in total. The van der Waals surface area contributed by atoms with Crippen LogP contribution in [0.15, 0.2) is 72.8 Å². The normalized spacial score (nSPS) is 16.2. The molecule has 1 unspecified atom stereocenters. The monoisotopic (exact) mass is 368 g/mol. The van der Waals surface area contributed by atoms with Crippen molar-refractivity contribution in [3.05, 3.63) is 101 Å². The molecule has 0 N–H and O–H groups in total. The van der Waals surface area contributed by atoms with E-state index in [-0.39, 0.29) is 11.7 Å². The van der Waals surface area contributed by atoms with E-state index in [1.807, 2.05) is 36.4 Å². The first kappa shape index (κ1) is 18.2. The van der Waals surface area contributed by atoms with Crippen molar-refractivity contribution in [3.63, 3.8) is 0 Å². The van der Waals surface area contributed by atoms with Crippen molar-refractivity contribution in [2.45, 2.75) is 19.3 Å². The van der Waals surface area contributed by atoms with E-state index in [0.717, 1.165) is 36.1 Å². The lowest BCUT2D eigenvalue weighted by Gasteiger charge is -2.24. The van der Waals surface area contributed by atoms with E-state index in [2.05, 4.69) is 48.6 Å². The molecule has 0 aliphatic heterocycles. The summed E-state index contributed by atoms with van der Waals surface area (Å²) >= 11 is 0. The van der Waals surface area contributed by atoms with Gasteiger partial charge in [-0.15, -0.1) is 0 Å². The maximum Gasteiger partial charge on any atom is 0.166 e. The Morgan fingerprint density at radius 3 is 2.57 bits per heavy atom. The molecule has 0 fully saturated rings. The van der Waals surface area contributed by atoms with Crippen LogP contribution in [0.2, 0.25) is 0 Å². The average Bonchev–Trinajstić information content (AvgIpc) is 2.75. The van der Waals surface area contributed by atoms with E-state index in [1.54, 1.807) is 7.11 Å². The summed E-state index contributed by atoms with van der Waals surface area (Å²) in [6, 6.07) is 24.5. The van der Waals surface area contributed by atoms with Crippen molar-refractivity contribution in [3.8, 4) is 5.75 Å². The summed E-state index contributed by atoms with van der Waals surface area (Å²) in [5, 5.41) is 0. The smallest absolute Gasteiger partial charge is 0.166 e. The Labute approximate surface area is 166 Å². The van der Waals surface area contributed by atoms with Gasteiger partial charge < -0.3 is 4.74 Å². The number of rotatable bonds is 5. The summed E-state index contributed by atoms with van der Waals surface area (Å²) in [5.74, 6) is 1.11. The van der Waals surface area contributed by atoms with Crippen LogP contribution < -0.4 is 4.74 Å². The molecule has 1 aliphatic rings. The van der Waals surface area contributed by atoms with Crippen molar-refractivity contribution in [2.75, 3.05) is 7.11 Å². The van der Waals surface area contributed by atoms with Gasteiger partial charge in [-0.25, -0.2) is 0 Å². The molecule has 28 heavy (non-hydrogen) atoms. The van der Waals surface area contributed by atoms with E-state index in [0.29, 0.717) is 0 Å². The van der Waals surface area contributed by atoms with Crippen LogP contribution in [0.3, 0.4) is 0 Å². The Kier molecular flexibility index (Phi) is 5.38. The topological polar surface area (TPSA) is 26.3 Å². The van der Waals surface area contributed by atoms with E-state index in [1.165, 1.54) is 16.7 Å². The van der Waals surface area contributed by atoms with Crippen LogP contribution in [0, 0.1) is 5.92 Å². The lowest BCUT2D eigenvalue weighted by molar-refractivity contribution is 0.0901. The molecular formula is C26H24O2. The second-order valence-electron chi connectivity index (χ2n) is 7.27. The summed E-state index contributed by atoms with van der Waals surface area (Å²) in [6.07, 6.45) is 6.86. The molecule has 0 radical (unpaired) electrons. The molecule has 4 rings (SSSR count). The first-order valence-electron chi connectivity index (χ1n) is 9.77. The minimum Gasteiger partial charge on any atom is -0.497 e. The van der Waals surface area contributed by atoms with E-state index in [4.69, 9.17) is 4.74 Å². The summed E-state index contributed by atoms with van der Waals surface area (Å²) in [5.41, 5.74) is 5.55. The fraction of sp³-hybridized carbons (Fsp3) is 0.192. The van der Waals surface area contributed by atoms with Gasteiger partial charge in [0.05, 0.1) is 7.11 Å². The van der Waals surface area contributed by atoms with Crippen LogP contribution >= 0.6 is 0 Å². The molecule has 0 spiro atoms. The SMILES string of the molecule is COc1ccc2c(c1)CCC(Cc1ccccc1/C=C/c1ccccc1)C2=O. The third kappa shape index (κ3) is 3.91. The Morgan fingerprint density at radius 2 is 1.75 bits per heavy atom. The maximum absolute atomic E-state index is 13.1. The van der Waals surface area contributed by atoms with Crippen molar-refractivity contribution in [1.29, 1.82) is 0 Å². The highest BCUT2D eigenvalue weighted by Gasteiger charge is 2.28. The molecule has 140 valence electrons. The van der Waals surface area contributed by atoms with Gasteiger partial charge in [0.15, 0.2) is 5.78 Å². The van der Waals surface area contributed by atoms with Gasteiger partial charge in [-0.05, 0) is 59.7 Å². The molecule has 3 aromatic carbocycles. The van der Waals surface area contributed by atoms with Crippen LogP contribution in [0.25, 0.3) is 12.2 Å². The number of hydrogen-bond donors (Lipinski definition) is 0. The summed E-state index contributed by atoms with van der Waals surface area (Å²) in [4.78, 5) is 13.1. The summed E-state index contributed by atoms with van der Waals surface area (Å²) in [6.45, 7) is 0. The highest BCUT2D eigenvalue weighted by molar-refractivity contribution is 6.00. The Morgan fingerprint density at radius 1 is 0.964 bits per heavy atom. The molecule has 1 atom stereocenters. The third-order valence-corrected chi connectivity index (χ3v) is 5.49. The van der Waals surface area contributed by atoms with Gasteiger partial charge in [0.2, 0.25) is 0 Å². The molecular weight excluding hydrogens is 344 g/mol. The van der Waals surface area contributed by atoms with E-state index in [9.17, 15) is 4.79 Å². The molecule has 0 saturated carbocycles. The molecule has 0 aromatic heterocycles. The van der Waals surface area contributed by atoms with Crippen molar-refractivity contribution in [1.82, 2.24) is 0 Å². The van der Waals surface area contributed by atoms with Crippen LogP contribution in [0.4, 0.5) is 0 Å². The van der Waals surface area contributed by atoms with Gasteiger partial charge in [-0.1, -0.05) is 66.7 Å². The number of ketones is 1. The van der Waals surface area contributed by atoms with Crippen LogP contribution in [-0.4, -0.2) is 12.9 Å². The van der Waals surface area contributed by atoms with E-state index < -0.39 is 0 Å². The molecule has 0 bridgehead atoms. The maximum atomic E-state index is 13.1. The predicted octanol–water partition coefficient (Wildman–Crippen LogP) is 5.85. The first-order chi connectivity index (χ1) is 13.7. The third-order valence-electron chi connectivity index (χ3n) is 5.49. The molecule has 0 amide bonds. The van der Waals surface area contributed by atoms with Gasteiger partial charge in [-0.2, -0.15) is 0 Å². The number of carbonyl (C=O) groups excluding carboxylic acids is 1. The van der Waals surface area contributed by atoms with E-state index >= 15 is 0 Å². The van der Waals surface area contributed by atoms with Gasteiger partial charge >= 0.3 is 0 Å². The summed E-state index contributed by atoms with van der Waals surface area (Å²) < 4.78 is 5.30. The zero-order chi connectivity index (χ0) is 19.3. The Balaban J connectivity index is 1.55. The number of methoxy groups -OCH3 is 1. The summed E-state index contributed by atoms with van der Waals surface area (Å²) in [7, 11) is 1.66. The van der Waals surface area contributed by atoms with Crippen LogP contribution in [-0.2, 0) is 12.8 Å². The molecule has 1 aliphatic carbocycles. The molecule has 2 heteroatoms. The minimum atomic E-state index is 0.0344. The fourth-order valence-corrected chi connectivity index (χ4v) is 3.92. The standard InChI is InChI=1S/C26H24O2/c1-28-24-15-16-25-22(18-24)13-14-23(26(25)27)17-21-10-6-5-9-20(21)12-11-19-7-3-2-4-8-19/h2-12,15-16,18,23H,13-14,17H2,1H3/b12-11+. The fourth-order valence-electron chi connectivity index (χ4n) is 3.92. The average molecular weight is 368 g/mol. The molecule has 0 heterocycles. The van der Waals surface area contributed by atoms with Gasteiger partial charge in [0.25, 0.3) is 0 Å². The Bertz CT molecular complexity index is 1000.